The predicted octanol–water partition coefficient (Wildman–Crippen LogP) is 2.34. The van der Waals surface area contributed by atoms with Gasteiger partial charge >= 0.3 is 0 Å². The molecule has 1 aromatic carbocycles. The Morgan fingerprint density at radius 3 is 3.00 bits per heavy atom. The van der Waals surface area contributed by atoms with Gasteiger partial charge in [-0.05, 0) is 30.0 Å². The van der Waals surface area contributed by atoms with Crippen LogP contribution in [-0.2, 0) is 4.79 Å². The second kappa shape index (κ2) is 4.74. The first-order chi connectivity index (χ1) is 7.70. The van der Waals surface area contributed by atoms with Crippen molar-refractivity contribution < 1.29 is 9.53 Å². The molecule has 0 aromatic heterocycles. The normalized spacial score (nSPS) is 20.4. The molecule has 1 aromatic rings. The molecule has 0 bridgehead atoms. The highest BCUT2D eigenvalue weighted by atomic mass is 35.5. The van der Waals surface area contributed by atoms with Crippen molar-refractivity contribution in [3.05, 3.63) is 28.8 Å². The first kappa shape index (κ1) is 11.3. The molecule has 16 heavy (non-hydrogen) atoms. The van der Waals surface area contributed by atoms with Gasteiger partial charge in [0.25, 0.3) is 0 Å². The number of nitrogens with one attached hydrogen (secondary N) is 1. The molecule has 4 heteroatoms. The van der Waals surface area contributed by atoms with Gasteiger partial charge in [-0.15, -0.1) is 0 Å². The van der Waals surface area contributed by atoms with Gasteiger partial charge in [-0.2, -0.15) is 0 Å². The van der Waals surface area contributed by atoms with E-state index in [-0.39, 0.29) is 11.8 Å². The second-order valence-electron chi connectivity index (χ2n) is 3.93. The van der Waals surface area contributed by atoms with Gasteiger partial charge in [-0.1, -0.05) is 17.7 Å². The molecule has 1 heterocycles. The average molecular weight is 240 g/mol. The summed E-state index contributed by atoms with van der Waals surface area (Å²) in [5.74, 6) is 1.07. The first-order valence-electron chi connectivity index (χ1n) is 5.31. The minimum atomic E-state index is 0.116. The van der Waals surface area contributed by atoms with Crippen LogP contribution in [0.3, 0.4) is 0 Å². The summed E-state index contributed by atoms with van der Waals surface area (Å²) in [6, 6.07) is 5.71. The maximum atomic E-state index is 11.3. The number of methoxy groups -OCH3 is 1. The topological polar surface area (TPSA) is 38.3 Å². The Morgan fingerprint density at radius 2 is 2.31 bits per heavy atom. The van der Waals surface area contributed by atoms with Crippen LogP contribution in [-0.4, -0.2) is 19.6 Å². The van der Waals surface area contributed by atoms with E-state index in [1.54, 1.807) is 7.11 Å². The maximum absolute atomic E-state index is 11.3. The first-order valence-corrected chi connectivity index (χ1v) is 5.68. The number of carbonyl (C=O) groups is 1. The van der Waals surface area contributed by atoms with Crippen LogP contribution in [0.25, 0.3) is 0 Å². The average Bonchev–Trinajstić information content (AvgIpc) is 2.29. The zero-order valence-electron chi connectivity index (χ0n) is 9.13. The molecule has 0 radical (unpaired) electrons. The van der Waals surface area contributed by atoms with E-state index >= 15 is 0 Å². The molecule has 1 aliphatic heterocycles. The monoisotopic (exact) mass is 239 g/mol. The molecule has 3 nitrogen and oxygen atoms in total. The van der Waals surface area contributed by atoms with Crippen LogP contribution >= 0.6 is 11.6 Å². The molecule has 1 aliphatic rings. The van der Waals surface area contributed by atoms with Crippen molar-refractivity contribution >= 4 is 17.5 Å². The quantitative estimate of drug-likeness (QED) is 0.860. The van der Waals surface area contributed by atoms with Gasteiger partial charge in [0.15, 0.2) is 0 Å². The fourth-order valence-corrected chi connectivity index (χ4v) is 2.19. The standard InChI is InChI=1S/C12H14ClNO2/c1-16-11-6-8(2-3-10(11)13)9-4-5-14-12(15)7-9/h2-3,6,9H,4-5,7H2,1H3,(H,14,15)/t9-/m1/s1. The highest BCUT2D eigenvalue weighted by Crippen LogP contribution is 2.32. The third-order valence-electron chi connectivity index (χ3n) is 2.89. The summed E-state index contributed by atoms with van der Waals surface area (Å²) >= 11 is 5.96. The smallest absolute Gasteiger partial charge is 0.220 e. The molecule has 1 amide bonds. The van der Waals surface area contributed by atoms with E-state index in [4.69, 9.17) is 16.3 Å². The lowest BCUT2D eigenvalue weighted by atomic mass is 9.90. The number of halogens is 1. The van der Waals surface area contributed by atoms with Gasteiger partial charge in [-0.3, -0.25) is 4.79 Å². The van der Waals surface area contributed by atoms with E-state index in [9.17, 15) is 4.79 Å². The van der Waals surface area contributed by atoms with Crippen molar-refractivity contribution in [1.29, 1.82) is 0 Å². The van der Waals surface area contributed by atoms with E-state index in [1.165, 1.54) is 0 Å². The zero-order valence-corrected chi connectivity index (χ0v) is 9.88. The second-order valence-corrected chi connectivity index (χ2v) is 4.34. The number of hydrogen-bond donors (Lipinski definition) is 1. The summed E-state index contributed by atoms with van der Waals surface area (Å²) in [4.78, 5) is 11.3. The maximum Gasteiger partial charge on any atom is 0.220 e. The van der Waals surface area contributed by atoms with Crippen molar-refractivity contribution in [2.45, 2.75) is 18.8 Å². The lowest BCUT2D eigenvalue weighted by Gasteiger charge is -2.22. The third kappa shape index (κ3) is 2.30. The number of rotatable bonds is 2. The summed E-state index contributed by atoms with van der Waals surface area (Å²) in [6.45, 7) is 0.744. The van der Waals surface area contributed by atoms with Crippen LogP contribution in [0.4, 0.5) is 0 Å². The molecule has 0 saturated carbocycles. The lowest BCUT2D eigenvalue weighted by Crippen LogP contribution is -2.32. The van der Waals surface area contributed by atoms with Crippen molar-refractivity contribution in [2.24, 2.45) is 0 Å². The van der Waals surface area contributed by atoms with Crippen LogP contribution in [0.15, 0.2) is 18.2 Å². The summed E-state index contributed by atoms with van der Waals surface area (Å²) in [7, 11) is 1.60. The van der Waals surface area contributed by atoms with E-state index in [0.29, 0.717) is 17.2 Å². The van der Waals surface area contributed by atoms with Gasteiger partial charge < -0.3 is 10.1 Å². The third-order valence-corrected chi connectivity index (χ3v) is 3.21. The number of piperidine rings is 1. The Morgan fingerprint density at radius 1 is 1.50 bits per heavy atom. The molecule has 1 saturated heterocycles. The zero-order chi connectivity index (χ0) is 11.5. The number of carbonyl (C=O) groups excluding carboxylic acids is 1. The Hall–Kier alpha value is -1.22. The Balaban J connectivity index is 2.22. The molecule has 1 N–H and O–H groups in total. The molecule has 86 valence electrons. The number of ether oxygens (including phenoxy) is 1. The molecule has 0 spiro atoms. The van der Waals surface area contributed by atoms with Gasteiger partial charge in [0, 0.05) is 13.0 Å². The number of benzene rings is 1. The minimum Gasteiger partial charge on any atom is -0.495 e. The molecule has 2 rings (SSSR count). The minimum absolute atomic E-state index is 0.116. The van der Waals surface area contributed by atoms with E-state index in [2.05, 4.69) is 5.32 Å². The highest BCUT2D eigenvalue weighted by molar-refractivity contribution is 6.32. The van der Waals surface area contributed by atoms with Crippen LogP contribution < -0.4 is 10.1 Å². The van der Waals surface area contributed by atoms with E-state index in [0.717, 1.165) is 18.5 Å². The van der Waals surface area contributed by atoms with Gasteiger partial charge in [0.05, 0.1) is 12.1 Å². The number of amides is 1. The van der Waals surface area contributed by atoms with Crippen molar-refractivity contribution in [3.63, 3.8) is 0 Å². The summed E-state index contributed by atoms with van der Waals surface area (Å²) in [5, 5.41) is 3.43. The van der Waals surface area contributed by atoms with Crippen LogP contribution in [0.1, 0.15) is 24.3 Å². The fourth-order valence-electron chi connectivity index (χ4n) is 2.00. The van der Waals surface area contributed by atoms with Crippen molar-refractivity contribution in [2.75, 3.05) is 13.7 Å². The van der Waals surface area contributed by atoms with Crippen molar-refractivity contribution in [1.82, 2.24) is 5.32 Å². The Labute approximate surface area is 99.7 Å². The van der Waals surface area contributed by atoms with Crippen LogP contribution in [0.5, 0.6) is 5.75 Å². The molecule has 1 fully saturated rings. The summed E-state index contributed by atoms with van der Waals surface area (Å²) in [6.07, 6.45) is 1.52. The summed E-state index contributed by atoms with van der Waals surface area (Å²) in [5.41, 5.74) is 1.12. The van der Waals surface area contributed by atoms with Gasteiger partial charge in [-0.25, -0.2) is 0 Å². The van der Waals surface area contributed by atoms with Crippen LogP contribution in [0, 0.1) is 0 Å². The molecule has 1 atom stereocenters. The van der Waals surface area contributed by atoms with Crippen molar-refractivity contribution in [3.8, 4) is 5.75 Å². The van der Waals surface area contributed by atoms with E-state index in [1.807, 2.05) is 18.2 Å². The highest BCUT2D eigenvalue weighted by Gasteiger charge is 2.21. The van der Waals surface area contributed by atoms with Gasteiger partial charge in [0.2, 0.25) is 5.91 Å². The SMILES string of the molecule is COc1cc([C@@H]2CCNC(=O)C2)ccc1Cl. The van der Waals surface area contributed by atoms with Gasteiger partial charge in [0.1, 0.15) is 5.75 Å². The summed E-state index contributed by atoms with van der Waals surface area (Å²) < 4.78 is 5.17. The van der Waals surface area contributed by atoms with E-state index < -0.39 is 0 Å². The molecule has 0 unspecified atom stereocenters. The number of hydrogen-bond acceptors (Lipinski definition) is 2. The fraction of sp³-hybridized carbons (Fsp3) is 0.417. The largest absolute Gasteiger partial charge is 0.495 e. The lowest BCUT2D eigenvalue weighted by molar-refractivity contribution is -0.122. The van der Waals surface area contributed by atoms with Crippen LogP contribution in [0.2, 0.25) is 5.02 Å². The molecule has 0 aliphatic carbocycles. The molecular formula is C12H14ClNO2. The predicted molar refractivity (Wildman–Crippen MR) is 63.0 cm³/mol. The molecular weight excluding hydrogens is 226 g/mol. The Kier molecular flexibility index (Phi) is 3.34. The Bertz CT molecular complexity index is 406.